The number of cyclic esters (lactones) is 1. The third-order valence-electron chi connectivity index (χ3n) is 14.5. The first-order chi connectivity index (χ1) is 33.4. The van der Waals surface area contributed by atoms with Crippen LogP contribution in [0, 0.1) is 17.3 Å². The fourth-order valence-corrected chi connectivity index (χ4v) is 11.0. The number of phenolic OH excluding ortho intramolecular Hbond substituents is 1. The standard InChI is InChI=1S/C53H70N8O9.4H2S/c1-8-60-45-12-11-34-24-40(45)41(48(60)42-26-54-16-13-36(42)30-69-7)25-53(4,5)31-70-52(68)43-10-9-17-61(56-43)51(67)44(22-33-20-37(34)23-39(63)21-33)55-49(65)47(32(2)3)57(6)50(66)35-14-19-59(27-35)46(64)29-58-18-15-38(62)28-58;;;;/h11-13,16,20-21,23-24,26,32,35,38,43-44,47,56,62-63H,8-10,14-15,17-19,22,25,27-31H2,1-7H3,(H,55,65);4*1H2/t35-,38-,43-,44-,47-;;;;/m0..../s1. The summed E-state index contributed by atoms with van der Waals surface area (Å²) in [6.45, 7) is 13.3. The van der Waals surface area contributed by atoms with Gasteiger partial charge in [0.1, 0.15) is 23.9 Å². The summed E-state index contributed by atoms with van der Waals surface area (Å²) in [4.78, 5) is 80.4. The molecule has 3 saturated heterocycles. The second-order valence-electron chi connectivity index (χ2n) is 20.8. The van der Waals surface area contributed by atoms with Crippen molar-refractivity contribution < 1.29 is 43.7 Å². The fourth-order valence-electron chi connectivity index (χ4n) is 11.0. The van der Waals surface area contributed by atoms with Gasteiger partial charge in [0.05, 0.1) is 37.5 Å². The minimum Gasteiger partial charge on any atom is -0.508 e. The van der Waals surface area contributed by atoms with Crippen molar-refractivity contribution in [3.05, 3.63) is 71.5 Å². The van der Waals surface area contributed by atoms with Crippen LogP contribution in [0.25, 0.3) is 33.3 Å². The number of hydrogen-bond donors (Lipinski definition) is 4. The van der Waals surface area contributed by atoms with Crippen molar-refractivity contribution in [1.82, 2.24) is 40.0 Å². The Bertz CT molecular complexity index is 2630. The number of nitrogens with zero attached hydrogens (tertiary/aromatic N) is 6. The van der Waals surface area contributed by atoms with Crippen molar-refractivity contribution in [2.75, 3.05) is 60.0 Å². The molecule has 4 aliphatic heterocycles. The van der Waals surface area contributed by atoms with E-state index in [0.29, 0.717) is 76.0 Å². The molecular formula is C53H78N8O9S4. The summed E-state index contributed by atoms with van der Waals surface area (Å²) >= 11 is 0. The summed E-state index contributed by atoms with van der Waals surface area (Å²) in [7, 11) is 3.26. The number of aromatic hydroxyl groups is 1. The number of fused-ring (bicyclic) bond motifs is 6. The molecule has 5 atom stereocenters. The van der Waals surface area contributed by atoms with Gasteiger partial charge >= 0.3 is 5.97 Å². The lowest BCUT2D eigenvalue weighted by atomic mass is 9.84. The monoisotopic (exact) mass is 1100 g/mol. The van der Waals surface area contributed by atoms with Crippen LogP contribution in [-0.2, 0) is 59.4 Å². The number of ether oxygens (including phenoxy) is 2. The molecule has 0 aliphatic carbocycles. The molecule has 21 heteroatoms. The maximum absolute atomic E-state index is 14.8. The van der Waals surface area contributed by atoms with Crippen LogP contribution in [0.1, 0.15) is 77.0 Å². The van der Waals surface area contributed by atoms with E-state index in [1.807, 2.05) is 43.1 Å². The summed E-state index contributed by atoms with van der Waals surface area (Å²) in [6.07, 6.45) is 5.73. The number of esters is 1. The van der Waals surface area contributed by atoms with Gasteiger partial charge in [0.15, 0.2) is 0 Å². The minimum atomic E-state index is -1.17. The molecule has 17 nitrogen and oxygen atoms in total. The number of benzene rings is 2. The number of carbonyl (C=O) groups is 5. The van der Waals surface area contributed by atoms with E-state index in [4.69, 9.17) is 9.47 Å². The lowest BCUT2D eigenvalue weighted by molar-refractivity contribution is -0.155. The quantitative estimate of drug-likeness (QED) is 0.151. The SMILES string of the molecule is CCn1c(-c2cnccc2COC)c2c3cc(ccc31)-c1cc(O)cc(c1)C[C@H](NC(=O)[C@H](C(C)C)N(C)C(=O)[C@H]1CCN(C(=O)CN3CC[C@H](O)C3)C1)C(=O)N1CCC[C@H](N1)C(=O)OCC(C)(C)C2.S.S.S.S. The fraction of sp³-hybridized carbons (Fsp3) is 0.547. The number of β-amino-alcohol motifs (C(OH)–C–C–N with tert-alkyl or cyclic N) is 1. The molecule has 4 aromatic rings. The van der Waals surface area contributed by atoms with E-state index in [0.717, 1.165) is 38.9 Å². The Hall–Kier alpha value is -4.48. The number of carbonyl (C=O) groups excluding carboxylic acids is 5. The first kappa shape index (κ1) is 62.1. The maximum atomic E-state index is 14.8. The van der Waals surface area contributed by atoms with E-state index >= 15 is 0 Å². The predicted octanol–water partition coefficient (Wildman–Crippen LogP) is 4.74. The molecule has 408 valence electrons. The van der Waals surface area contributed by atoms with Gasteiger partial charge in [-0.05, 0) is 103 Å². The Labute approximate surface area is 463 Å². The van der Waals surface area contributed by atoms with Crippen LogP contribution in [0.4, 0.5) is 0 Å². The van der Waals surface area contributed by atoms with Gasteiger partial charge in [-0.1, -0.05) is 39.8 Å². The van der Waals surface area contributed by atoms with E-state index in [9.17, 15) is 34.2 Å². The molecule has 0 radical (unpaired) electrons. The van der Waals surface area contributed by atoms with Gasteiger partial charge in [-0.2, -0.15) is 54.0 Å². The predicted molar refractivity (Wildman–Crippen MR) is 305 cm³/mol. The van der Waals surface area contributed by atoms with Gasteiger partial charge < -0.3 is 39.4 Å². The molecule has 6 bridgehead atoms. The van der Waals surface area contributed by atoms with Gasteiger partial charge in [0, 0.05) is 94.1 Å². The van der Waals surface area contributed by atoms with Crippen LogP contribution in [0.15, 0.2) is 54.9 Å². The first-order valence-electron chi connectivity index (χ1n) is 24.8. The van der Waals surface area contributed by atoms with Gasteiger partial charge in [0.25, 0.3) is 5.91 Å². The highest BCUT2D eigenvalue weighted by molar-refractivity contribution is 7.59. The highest BCUT2D eigenvalue weighted by Crippen LogP contribution is 2.41. The molecule has 0 saturated carbocycles. The molecule has 6 heterocycles. The van der Waals surface area contributed by atoms with E-state index in [-0.39, 0.29) is 110 Å². The van der Waals surface area contributed by atoms with E-state index in [1.54, 1.807) is 37.4 Å². The second kappa shape index (κ2) is 26.5. The average Bonchev–Trinajstić information content (AvgIpc) is 4.07. The van der Waals surface area contributed by atoms with Gasteiger partial charge in [0.2, 0.25) is 17.7 Å². The lowest BCUT2D eigenvalue weighted by Crippen LogP contribution is -2.62. The zero-order valence-corrected chi connectivity index (χ0v) is 47.7. The number of hydrogen-bond acceptors (Lipinski definition) is 12. The minimum absolute atomic E-state index is 0. The van der Waals surface area contributed by atoms with Crippen LogP contribution >= 0.6 is 54.0 Å². The highest BCUT2D eigenvalue weighted by atomic mass is 32.1. The topological polar surface area (TPSA) is 199 Å². The highest BCUT2D eigenvalue weighted by Gasteiger charge is 2.41. The number of nitrogens with one attached hydrogen (secondary N) is 2. The number of aromatic nitrogens is 2. The smallest absolute Gasteiger partial charge is 0.324 e. The van der Waals surface area contributed by atoms with Crippen molar-refractivity contribution >= 4 is 94.5 Å². The number of hydrazine groups is 1. The molecule has 2 aromatic heterocycles. The molecule has 4 amide bonds. The number of amides is 4. The number of rotatable bonds is 11. The van der Waals surface area contributed by atoms with Crippen molar-refractivity contribution in [3.63, 3.8) is 0 Å². The van der Waals surface area contributed by atoms with Gasteiger partial charge in [-0.3, -0.25) is 38.9 Å². The second-order valence-corrected chi connectivity index (χ2v) is 20.8. The Morgan fingerprint density at radius 2 is 1.74 bits per heavy atom. The summed E-state index contributed by atoms with van der Waals surface area (Å²) in [6, 6.07) is 10.4. The molecule has 8 rings (SSSR count). The lowest BCUT2D eigenvalue weighted by Gasteiger charge is -2.37. The summed E-state index contributed by atoms with van der Waals surface area (Å²) in [5.74, 6) is -2.75. The average molecular weight is 1100 g/mol. The number of methoxy groups -OCH3 is 1. The molecule has 2 aromatic carbocycles. The Morgan fingerprint density at radius 3 is 2.43 bits per heavy atom. The van der Waals surface area contributed by atoms with E-state index in [1.165, 1.54) is 9.91 Å². The Kier molecular flexibility index (Phi) is 22.2. The molecule has 4 N–H and O–H groups in total. The Balaban J connectivity index is 0.00000296. The van der Waals surface area contributed by atoms with Crippen LogP contribution in [-0.4, -0.2) is 153 Å². The molecule has 0 spiro atoms. The van der Waals surface area contributed by atoms with Crippen LogP contribution in [0.3, 0.4) is 0 Å². The maximum Gasteiger partial charge on any atom is 0.324 e. The number of likely N-dealkylation sites (N-methyl/N-ethyl adjacent to an activating group) is 1. The number of aryl methyl sites for hydroxylation is 1. The third-order valence-corrected chi connectivity index (χ3v) is 14.5. The first-order valence-corrected chi connectivity index (χ1v) is 24.8. The molecule has 74 heavy (non-hydrogen) atoms. The summed E-state index contributed by atoms with van der Waals surface area (Å²) in [5.41, 5.74) is 9.71. The Morgan fingerprint density at radius 1 is 0.986 bits per heavy atom. The largest absolute Gasteiger partial charge is 0.508 e. The zero-order chi connectivity index (χ0) is 50.0. The number of pyridine rings is 1. The van der Waals surface area contributed by atoms with Crippen LogP contribution in [0.5, 0.6) is 5.75 Å². The third kappa shape index (κ3) is 13.7. The molecule has 3 fully saturated rings. The number of likely N-dealkylation sites (tertiary alicyclic amines) is 2. The van der Waals surface area contributed by atoms with E-state index < -0.39 is 53.3 Å². The van der Waals surface area contributed by atoms with E-state index in [2.05, 4.69) is 53.2 Å². The van der Waals surface area contributed by atoms with Gasteiger partial charge in [-0.15, -0.1) is 0 Å². The molecule has 0 unspecified atom stereocenters. The summed E-state index contributed by atoms with van der Waals surface area (Å²) < 4.78 is 14.0. The molecule has 4 aliphatic rings. The van der Waals surface area contributed by atoms with Crippen molar-refractivity contribution in [1.29, 1.82) is 0 Å². The number of aliphatic hydroxyl groups is 1. The van der Waals surface area contributed by atoms with Crippen LogP contribution < -0.4 is 10.7 Å². The molecular weight excluding hydrogens is 1020 g/mol. The number of aliphatic hydroxyl groups excluding tert-OH is 1. The van der Waals surface area contributed by atoms with Crippen molar-refractivity contribution in [2.24, 2.45) is 17.3 Å². The zero-order valence-electron chi connectivity index (χ0n) is 43.7. The number of phenols is 1. The van der Waals surface area contributed by atoms with Crippen molar-refractivity contribution in [2.45, 2.75) is 111 Å². The summed E-state index contributed by atoms with van der Waals surface area (Å²) in [5, 5.41) is 26.7. The van der Waals surface area contributed by atoms with Gasteiger partial charge in [-0.25, -0.2) is 5.43 Å². The van der Waals surface area contributed by atoms with Crippen LogP contribution in [0.2, 0.25) is 0 Å². The normalized spacial score (nSPS) is 21.3. The van der Waals surface area contributed by atoms with Crippen molar-refractivity contribution in [3.8, 4) is 28.1 Å².